The van der Waals surface area contributed by atoms with Crippen LogP contribution in [-0.2, 0) is 0 Å². The van der Waals surface area contributed by atoms with E-state index in [0.29, 0.717) is 5.69 Å². The average Bonchev–Trinajstić information content (AvgIpc) is 2.06. The van der Waals surface area contributed by atoms with Crippen LogP contribution in [0.4, 0.5) is 11.4 Å². The number of rotatable bonds is 1. The molecule has 0 saturated heterocycles. The molecule has 0 aliphatic heterocycles. The average molecular weight is 185 g/mol. The Morgan fingerprint density at radius 3 is 2.08 bits per heavy atom. The summed E-state index contributed by atoms with van der Waals surface area (Å²) in [5.41, 5.74) is 5.90. The molecule has 1 aromatic rings. The van der Waals surface area contributed by atoms with Gasteiger partial charge in [-0.15, -0.1) is 4.91 Å². The molecule has 7 heteroatoms. The van der Waals surface area contributed by atoms with Gasteiger partial charge in [0.2, 0.25) is 0 Å². The summed E-state index contributed by atoms with van der Waals surface area (Å²) >= 11 is 0. The fourth-order valence-electron chi connectivity index (χ4n) is 0.596. The van der Waals surface area contributed by atoms with Crippen molar-refractivity contribution in [2.24, 2.45) is 5.34 Å². The lowest BCUT2D eigenvalue weighted by Gasteiger charge is -1.90. The first-order valence-electron chi connectivity index (χ1n) is 3.08. The van der Waals surface area contributed by atoms with Crippen LogP contribution in [0.15, 0.2) is 29.6 Å². The zero-order valence-electron chi connectivity index (χ0n) is 6.45. The molecule has 0 atom stereocenters. The maximum atomic E-state index is 10.1. The number of nitrogen functional groups attached to an aromatic ring is 1. The summed E-state index contributed by atoms with van der Waals surface area (Å²) in [6, 6.07) is 5.74. The molecule has 0 radical (unpaired) electrons. The van der Waals surface area contributed by atoms with Gasteiger partial charge in [0.15, 0.2) is 5.34 Å². The SMILES string of the molecule is Nc1ccc([N+](=O)[O-])cc1.O=NO. The van der Waals surface area contributed by atoms with Crippen LogP contribution in [0.25, 0.3) is 0 Å². The second kappa shape index (κ2) is 5.47. The molecule has 0 amide bonds. The highest BCUT2D eigenvalue weighted by atomic mass is 16.6. The van der Waals surface area contributed by atoms with Crippen LogP contribution in [0.5, 0.6) is 0 Å². The Kier molecular flexibility index (Phi) is 4.55. The normalized spacial score (nSPS) is 8.00. The third kappa shape index (κ3) is 4.30. The number of hydrogen-bond acceptors (Lipinski definition) is 5. The molecule has 0 fully saturated rings. The van der Waals surface area contributed by atoms with Crippen LogP contribution in [0, 0.1) is 15.0 Å². The Hall–Kier alpha value is -2.18. The number of non-ortho nitro benzene ring substituents is 1. The maximum Gasteiger partial charge on any atom is 0.269 e. The van der Waals surface area contributed by atoms with Crippen molar-refractivity contribution in [2.75, 3.05) is 5.73 Å². The largest absolute Gasteiger partial charge is 0.399 e. The number of hydrogen-bond donors (Lipinski definition) is 2. The first kappa shape index (κ1) is 10.8. The van der Waals surface area contributed by atoms with Gasteiger partial charge < -0.3 is 10.9 Å². The molecule has 70 valence electrons. The van der Waals surface area contributed by atoms with Gasteiger partial charge >= 0.3 is 0 Å². The number of nitro benzene ring substituents is 1. The van der Waals surface area contributed by atoms with Crippen molar-refractivity contribution in [3.63, 3.8) is 0 Å². The second-order valence-electron chi connectivity index (χ2n) is 1.93. The summed E-state index contributed by atoms with van der Waals surface area (Å²) in [7, 11) is 0. The quantitative estimate of drug-likeness (QED) is 0.296. The Morgan fingerprint density at radius 2 is 1.77 bits per heavy atom. The minimum Gasteiger partial charge on any atom is -0.399 e. The molecule has 13 heavy (non-hydrogen) atoms. The molecule has 0 aromatic heterocycles. The lowest BCUT2D eigenvalue weighted by atomic mass is 10.3. The number of nitro groups is 1. The summed E-state index contributed by atoms with van der Waals surface area (Å²) in [6.45, 7) is 0. The highest BCUT2D eigenvalue weighted by Crippen LogP contribution is 2.11. The molecule has 0 aliphatic carbocycles. The molecule has 3 N–H and O–H groups in total. The predicted octanol–water partition coefficient (Wildman–Crippen LogP) is 1.32. The second-order valence-corrected chi connectivity index (χ2v) is 1.93. The lowest BCUT2D eigenvalue weighted by Crippen LogP contribution is -1.88. The molecule has 1 rings (SSSR count). The topological polar surface area (TPSA) is 119 Å². The van der Waals surface area contributed by atoms with Crippen molar-refractivity contribution in [3.05, 3.63) is 39.3 Å². The third-order valence-corrected chi connectivity index (χ3v) is 1.10. The van der Waals surface area contributed by atoms with Crippen LogP contribution >= 0.6 is 0 Å². The predicted molar refractivity (Wildman–Crippen MR) is 45.1 cm³/mol. The van der Waals surface area contributed by atoms with Gasteiger partial charge in [0.05, 0.1) is 4.92 Å². The van der Waals surface area contributed by atoms with Gasteiger partial charge in [-0.2, -0.15) is 0 Å². The molecule has 1 aromatic carbocycles. The zero-order valence-corrected chi connectivity index (χ0v) is 6.45. The van der Waals surface area contributed by atoms with E-state index in [-0.39, 0.29) is 5.69 Å². The number of benzene rings is 1. The molecule has 7 nitrogen and oxygen atoms in total. The smallest absolute Gasteiger partial charge is 0.269 e. The fourth-order valence-corrected chi connectivity index (χ4v) is 0.596. The highest BCUT2D eigenvalue weighted by Gasteiger charge is 2.00. The molecule has 0 bridgehead atoms. The lowest BCUT2D eigenvalue weighted by molar-refractivity contribution is -0.384. The summed E-state index contributed by atoms with van der Waals surface area (Å²) in [5.74, 6) is 0. The molecule has 0 saturated carbocycles. The van der Waals surface area contributed by atoms with E-state index < -0.39 is 4.92 Å². The minimum atomic E-state index is -0.459. The molecule has 0 heterocycles. The van der Waals surface area contributed by atoms with E-state index in [9.17, 15) is 10.1 Å². The van der Waals surface area contributed by atoms with Crippen molar-refractivity contribution in [2.45, 2.75) is 0 Å². The van der Waals surface area contributed by atoms with Crippen molar-refractivity contribution in [1.29, 1.82) is 0 Å². The number of nitrogens with two attached hydrogens (primary N) is 1. The first-order valence-corrected chi connectivity index (χ1v) is 3.08. The van der Waals surface area contributed by atoms with E-state index in [1.807, 2.05) is 0 Å². The van der Waals surface area contributed by atoms with E-state index in [4.69, 9.17) is 15.8 Å². The van der Waals surface area contributed by atoms with E-state index in [0.717, 1.165) is 0 Å². The number of nitrogens with zero attached hydrogens (tertiary/aromatic N) is 2. The van der Waals surface area contributed by atoms with Crippen LogP contribution in [-0.4, -0.2) is 10.1 Å². The van der Waals surface area contributed by atoms with Crippen LogP contribution in [0.1, 0.15) is 0 Å². The van der Waals surface area contributed by atoms with Gasteiger partial charge in [-0.1, -0.05) is 0 Å². The Labute approximate surface area is 72.9 Å². The summed E-state index contributed by atoms with van der Waals surface area (Å²) in [4.78, 5) is 17.7. The summed E-state index contributed by atoms with van der Waals surface area (Å²) in [6.07, 6.45) is 0. The van der Waals surface area contributed by atoms with E-state index in [1.54, 1.807) is 0 Å². The number of anilines is 1. The maximum absolute atomic E-state index is 10.1. The standard InChI is InChI=1S/C6H6N2O2.HNO2/c7-5-1-3-6(4-2-5)8(9)10;2-1-3/h1-4H,7H2;(H,2,3). The zero-order chi connectivity index (χ0) is 10.3. The van der Waals surface area contributed by atoms with Gasteiger partial charge in [-0.3, -0.25) is 10.1 Å². The van der Waals surface area contributed by atoms with Gasteiger partial charge in [0, 0.05) is 17.8 Å². The van der Waals surface area contributed by atoms with Gasteiger partial charge in [0.1, 0.15) is 0 Å². The van der Waals surface area contributed by atoms with E-state index >= 15 is 0 Å². The Morgan fingerprint density at radius 1 is 1.38 bits per heavy atom. The molecule has 0 unspecified atom stereocenters. The van der Waals surface area contributed by atoms with Gasteiger partial charge in [0.25, 0.3) is 5.69 Å². The van der Waals surface area contributed by atoms with Gasteiger partial charge in [-0.05, 0) is 12.1 Å². The van der Waals surface area contributed by atoms with E-state index in [2.05, 4.69) is 0 Å². The Bertz CT molecular complexity index is 284. The third-order valence-electron chi connectivity index (χ3n) is 1.10. The highest BCUT2D eigenvalue weighted by molar-refractivity contribution is 5.44. The first-order chi connectivity index (χ1) is 6.11. The molecule has 0 spiro atoms. The summed E-state index contributed by atoms with van der Waals surface area (Å²) in [5, 5.41) is 18.0. The van der Waals surface area contributed by atoms with E-state index in [1.165, 1.54) is 29.6 Å². The van der Waals surface area contributed by atoms with Crippen molar-refractivity contribution in [1.82, 2.24) is 0 Å². The van der Waals surface area contributed by atoms with Crippen molar-refractivity contribution < 1.29 is 10.1 Å². The van der Waals surface area contributed by atoms with Crippen molar-refractivity contribution in [3.8, 4) is 0 Å². The van der Waals surface area contributed by atoms with Crippen LogP contribution in [0.3, 0.4) is 0 Å². The van der Waals surface area contributed by atoms with Crippen LogP contribution in [0.2, 0.25) is 0 Å². The van der Waals surface area contributed by atoms with Gasteiger partial charge in [-0.25, -0.2) is 0 Å². The summed E-state index contributed by atoms with van der Waals surface area (Å²) < 4.78 is 0. The fraction of sp³-hybridized carbons (Fsp3) is 0. The Balaban J connectivity index is 0.000000424. The van der Waals surface area contributed by atoms with Crippen molar-refractivity contribution >= 4 is 11.4 Å². The van der Waals surface area contributed by atoms with Crippen LogP contribution < -0.4 is 5.73 Å². The monoisotopic (exact) mass is 185 g/mol. The minimum absolute atomic E-state index is 0.0641. The molecular formula is C6H7N3O4. The molecule has 0 aliphatic rings. The molecular weight excluding hydrogens is 178 g/mol.